The van der Waals surface area contributed by atoms with Crippen molar-refractivity contribution in [2.75, 3.05) is 0 Å². The molecule has 15 heavy (non-hydrogen) atoms. The SMILES string of the molecule is CCCCCCCC/C(F)=C/CC(=O)O. The van der Waals surface area contributed by atoms with Crippen LogP contribution in [0.5, 0.6) is 0 Å². The zero-order valence-corrected chi connectivity index (χ0v) is 9.47. The number of rotatable bonds is 9. The fraction of sp³-hybridized carbons (Fsp3) is 0.750. The number of unbranched alkanes of at least 4 members (excludes halogenated alkanes) is 5. The molecule has 0 unspecified atom stereocenters. The number of aliphatic carboxylic acids is 1. The number of hydrogen-bond donors (Lipinski definition) is 1. The van der Waals surface area contributed by atoms with Crippen LogP contribution in [-0.2, 0) is 4.79 Å². The van der Waals surface area contributed by atoms with Crippen molar-refractivity contribution in [1.82, 2.24) is 0 Å². The molecule has 0 aliphatic heterocycles. The Balaban J connectivity index is 3.34. The van der Waals surface area contributed by atoms with Crippen LogP contribution in [0.25, 0.3) is 0 Å². The van der Waals surface area contributed by atoms with Crippen LogP contribution in [0.4, 0.5) is 4.39 Å². The largest absolute Gasteiger partial charge is 0.481 e. The molecule has 0 aromatic heterocycles. The molecule has 0 aromatic rings. The van der Waals surface area contributed by atoms with Crippen LogP contribution in [0.15, 0.2) is 11.9 Å². The molecule has 88 valence electrons. The van der Waals surface area contributed by atoms with Gasteiger partial charge in [-0.15, -0.1) is 0 Å². The van der Waals surface area contributed by atoms with Crippen LogP contribution < -0.4 is 0 Å². The summed E-state index contributed by atoms with van der Waals surface area (Å²) >= 11 is 0. The number of hydrogen-bond acceptors (Lipinski definition) is 1. The van der Waals surface area contributed by atoms with E-state index >= 15 is 0 Å². The third-order valence-corrected chi connectivity index (χ3v) is 2.27. The standard InChI is InChI=1S/C12H21FO2/c1-2-3-4-5-6-7-8-11(13)9-10-12(14)15/h9H,2-8,10H2,1H3,(H,14,15)/b11-9-. The van der Waals surface area contributed by atoms with E-state index in [-0.39, 0.29) is 12.2 Å². The van der Waals surface area contributed by atoms with E-state index in [4.69, 9.17) is 5.11 Å². The Morgan fingerprint density at radius 2 is 1.80 bits per heavy atom. The van der Waals surface area contributed by atoms with Crippen LogP contribution in [0.3, 0.4) is 0 Å². The molecule has 1 N–H and O–H groups in total. The van der Waals surface area contributed by atoms with Crippen molar-refractivity contribution in [3.63, 3.8) is 0 Å². The van der Waals surface area contributed by atoms with Crippen LogP contribution in [0, 0.1) is 0 Å². The van der Waals surface area contributed by atoms with Gasteiger partial charge in [0.2, 0.25) is 0 Å². The van der Waals surface area contributed by atoms with E-state index in [1.54, 1.807) is 0 Å². The van der Waals surface area contributed by atoms with Gasteiger partial charge in [-0.2, -0.15) is 0 Å². The quantitative estimate of drug-likeness (QED) is 0.590. The molecule has 0 saturated heterocycles. The van der Waals surface area contributed by atoms with Crippen molar-refractivity contribution >= 4 is 5.97 Å². The predicted octanol–water partition coefficient (Wildman–Crippen LogP) is 4.07. The van der Waals surface area contributed by atoms with Gasteiger partial charge in [-0.25, -0.2) is 4.39 Å². The number of carboxylic acids is 1. The minimum absolute atomic E-state index is 0.207. The van der Waals surface area contributed by atoms with E-state index in [9.17, 15) is 9.18 Å². The summed E-state index contributed by atoms with van der Waals surface area (Å²) in [5, 5.41) is 8.32. The second kappa shape index (κ2) is 9.69. The summed E-state index contributed by atoms with van der Waals surface area (Å²) in [5.41, 5.74) is 0. The molecule has 0 aliphatic rings. The van der Waals surface area contributed by atoms with Gasteiger partial charge >= 0.3 is 5.97 Å². The number of carbonyl (C=O) groups is 1. The van der Waals surface area contributed by atoms with E-state index < -0.39 is 5.97 Å². The zero-order chi connectivity index (χ0) is 11.5. The maximum atomic E-state index is 12.9. The number of halogens is 1. The Hall–Kier alpha value is -0.860. The fourth-order valence-corrected chi connectivity index (χ4v) is 1.37. The topological polar surface area (TPSA) is 37.3 Å². The van der Waals surface area contributed by atoms with Crippen molar-refractivity contribution in [3.05, 3.63) is 11.9 Å². The Morgan fingerprint density at radius 3 is 2.40 bits per heavy atom. The first-order valence-corrected chi connectivity index (χ1v) is 5.73. The Kier molecular flexibility index (Phi) is 9.13. The lowest BCUT2D eigenvalue weighted by Crippen LogP contribution is -1.91. The summed E-state index contributed by atoms with van der Waals surface area (Å²) in [5.74, 6) is -1.26. The third-order valence-electron chi connectivity index (χ3n) is 2.27. The van der Waals surface area contributed by atoms with Crippen molar-refractivity contribution in [1.29, 1.82) is 0 Å². The summed E-state index contributed by atoms with van der Waals surface area (Å²) in [7, 11) is 0. The molecule has 0 aliphatic carbocycles. The summed E-state index contributed by atoms with van der Waals surface area (Å²) in [6.07, 6.45) is 8.04. The minimum atomic E-state index is -0.979. The monoisotopic (exact) mass is 216 g/mol. The molecular formula is C12H21FO2. The third kappa shape index (κ3) is 11.1. The van der Waals surface area contributed by atoms with Gasteiger partial charge in [-0.3, -0.25) is 4.79 Å². The molecule has 0 rings (SSSR count). The zero-order valence-electron chi connectivity index (χ0n) is 9.47. The average Bonchev–Trinajstić information content (AvgIpc) is 2.20. The highest BCUT2D eigenvalue weighted by atomic mass is 19.1. The Morgan fingerprint density at radius 1 is 1.20 bits per heavy atom. The van der Waals surface area contributed by atoms with Gasteiger partial charge in [0.1, 0.15) is 0 Å². The molecule has 0 fully saturated rings. The lowest BCUT2D eigenvalue weighted by molar-refractivity contribution is -0.136. The molecule has 0 radical (unpaired) electrons. The summed E-state index contributed by atoms with van der Waals surface area (Å²) in [6.45, 7) is 2.16. The highest BCUT2D eigenvalue weighted by Gasteiger charge is 1.98. The lowest BCUT2D eigenvalue weighted by atomic mass is 10.1. The highest BCUT2D eigenvalue weighted by Crippen LogP contribution is 2.13. The molecule has 2 nitrogen and oxygen atoms in total. The van der Waals surface area contributed by atoms with Gasteiger partial charge in [-0.05, 0) is 18.9 Å². The highest BCUT2D eigenvalue weighted by molar-refractivity contribution is 5.68. The van der Waals surface area contributed by atoms with E-state index in [1.165, 1.54) is 19.3 Å². The second-order valence-electron chi connectivity index (χ2n) is 3.77. The fourth-order valence-electron chi connectivity index (χ4n) is 1.37. The molecular weight excluding hydrogens is 195 g/mol. The summed E-state index contributed by atoms with van der Waals surface area (Å²) < 4.78 is 12.9. The second-order valence-corrected chi connectivity index (χ2v) is 3.77. The molecule has 0 heterocycles. The van der Waals surface area contributed by atoms with Gasteiger partial charge in [0, 0.05) is 0 Å². The smallest absolute Gasteiger partial charge is 0.307 e. The summed E-state index contributed by atoms with van der Waals surface area (Å²) in [4.78, 5) is 10.1. The number of carboxylic acid groups (broad SMARTS) is 1. The van der Waals surface area contributed by atoms with Crippen LogP contribution >= 0.6 is 0 Å². The van der Waals surface area contributed by atoms with Crippen molar-refractivity contribution in [3.8, 4) is 0 Å². The minimum Gasteiger partial charge on any atom is -0.481 e. The van der Waals surface area contributed by atoms with E-state index in [0.29, 0.717) is 6.42 Å². The molecule has 0 amide bonds. The predicted molar refractivity (Wildman–Crippen MR) is 59.4 cm³/mol. The molecule has 0 atom stereocenters. The lowest BCUT2D eigenvalue weighted by Gasteiger charge is -1.99. The Labute approximate surface area is 91.2 Å². The van der Waals surface area contributed by atoms with Crippen LogP contribution in [0.2, 0.25) is 0 Å². The molecule has 0 aromatic carbocycles. The van der Waals surface area contributed by atoms with Gasteiger partial charge < -0.3 is 5.11 Å². The van der Waals surface area contributed by atoms with Crippen molar-refractivity contribution < 1.29 is 14.3 Å². The first-order valence-electron chi connectivity index (χ1n) is 5.73. The maximum absolute atomic E-state index is 12.9. The van der Waals surface area contributed by atoms with Gasteiger partial charge in [0.15, 0.2) is 0 Å². The average molecular weight is 216 g/mol. The van der Waals surface area contributed by atoms with Crippen molar-refractivity contribution in [2.45, 2.75) is 58.3 Å². The number of allylic oxidation sites excluding steroid dienone is 1. The first-order chi connectivity index (χ1) is 7.16. The summed E-state index contributed by atoms with van der Waals surface area (Å²) in [6, 6.07) is 0. The van der Waals surface area contributed by atoms with E-state index in [1.807, 2.05) is 0 Å². The van der Waals surface area contributed by atoms with Gasteiger partial charge in [-0.1, -0.05) is 39.0 Å². The Bertz CT molecular complexity index is 200. The van der Waals surface area contributed by atoms with E-state index in [0.717, 1.165) is 25.3 Å². The molecule has 0 spiro atoms. The van der Waals surface area contributed by atoms with Crippen molar-refractivity contribution in [2.24, 2.45) is 0 Å². The molecule has 0 bridgehead atoms. The van der Waals surface area contributed by atoms with Gasteiger partial charge in [0.25, 0.3) is 0 Å². The maximum Gasteiger partial charge on any atom is 0.307 e. The molecule has 0 saturated carbocycles. The first kappa shape index (κ1) is 14.1. The van der Waals surface area contributed by atoms with Crippen LogP contribution in [0.1, 0.15) is 58.3 Å². The van der Waals surface area contributed by atoms with Crippen LogP contribution in [-0.4, -0.2) is 11.1 Å². The normalized spacial score (nSPS) is 11.7. The van der Waals surface area contributed by atoms with Gasteiger partial charge in [0.05, 0.1) is 12.2 Å². The van der Waals surface area contributed by atoms with E-state index in [2.05, 4.69) is 6.92 Å². The molecule has 3 heteroatoms.